The van der Waals surface area contributed by atoms with Crippen molar-refractivity contribution in [3.63, 3.8) is 0 Å². The lowest BCUT2D eigenvalue weighted by molar-refractivity contribution is -0.141. The van der Waals surface area contributed by atoms with Crippen LogP contribution in [0.5, 0.6) is 0 Å². The Morgan fingerprint density at radius 3 is 2.70 bits per heavy atom. The van der Waals surface area contributed by atoms with Crippen LogP contribution in [-0.4, -0.2) is 49.9 Å². The maximum Gasteiger partial charge on any atom is 0.435 e. The zero-order valence-electron chi connectivity index (χ0n) is 18.4. The lowest BCUT2D eigenvalue weighted by atomic mass is 9.89. The third-order valence-electron chi connectivity index (χ3n) is 5.96. The van der Waals surface area contributed by atoms with E-state index in [1.165, 1.54) is 6.07 Å². The third-order valence-corrected chi connectivity index (χ3v) is 5.96. The molecule has 1 fully saturated rings. The summed E-state index contributed by atoms with van der Waals surface area (Å²) in [6.07, 6.45) is 0.755. The normalized spacial score (nSPS) is 18.9. The number of hydrogen-bond acceptors (Lipinski definition) is 5. The summed E-state index contributed by atoms with van der Waals surface area (Å²) in [5.74, 6) is 0.345. The number of halogens is 3. The van der Waals surface area contributed by atoms with E-state index in [0.29, 0.717) is 24.3 Å². The van der Waals surface area contributed by atoms with E-state index >= 15 is 0 Å². The molecule has 4 rings (SSSR count). The van der Waals surface area contributed by atoms with Gasteiger partial charge >= 0.3 is 6.18 Å². The number of amides is 1. The largest absolute Gasteiger partial charge is 0.435 e. The van der Waals surface area contributed by atoms with E-state index in [0.717, 1.165) is 24.5 Å². The molecule has 0 radical (unpaired) electrons. The Hall–Kier alpha value is -3.43. The highest BCUT2D eigenvalue weighted by atomic mass is 19.4. The molecular formula is C23H25F3N6O. The summed E-state index contributed by atoms with van der Waals surface area (Å²) >= 11 is 0. The molecule has 1 amide bonds. The molecule has 1 aromatic carbocycles. The number of alkyl halides is 3. The van der Waals surface area contributed by atoms with Crippen molar-refractivity contribution in [2.45, 2.75) is 38.9 Å². The van der Waals surface area contributed by atoms with Gasteiger partial charge in [-0.25, -0.2) is 4.68 Å². The van der Waals surface area contributed by atoms with Crippen LogP contribution in [0, 0.1) is 12.8 Å². The maximum atomic E-state index is 13.7. The monoisotopic (exact) mass is 458 g/mol. The van der Waals surface area contributed by atoms with Crippen molar-refractivity contribution in [3.05, 3.63) is 65.6 Å². The number of benzene rings is 1. The molecule has 10 heteroatoms. The van der Waals surface area contributed by atoms with Crippen LogP contribution in [0.2, 0.25) is 0 Å². The number of rotatable bonds is 5. The fraction of sp³-hybridized carbons (Fsp3) is 0.391. The number of anilines is 1. The quantitative estimate of drug-likeness (QED) is 0.616. The highest BCUT2D eigenvalue weighted by molar-refractivity contribution is 5.98. The molecule has 0 saturated carbocycles. The van der Waals surface area contributed by atoms with Crippen LogP contribution < -0.4 is 5.32 Å². The first-order chi connectivity index (χ1) is 15.7. The molecule has 0 bridgehead atoms. The molecule has 33 heavy (non-hydrogen) atoms. The predicted octanol–water partition coefficient (Wildman–Crippen LogP) is 4.34. The Morgan fingerprint density at radius 2 is 2.03 bits per heavy atom. The summed E-state index contributed by atoms with van der Waals surface area (Å²) in [6.45, 7) is 4.97. The fourth-order valence-electron chi connectivity index (χ4n) is 4.19. The predicted molar refractivity (Wildman–Crippen MR) is 117 cm³/mol. The number of piperidine rings is 1. The fourth-order valence-corrected chi connectivity index (χ4v) is 4.19. The van der Waals surface area contributed by atoms with Crippen LogP contribution in [-0.2, 0) is 6.18 Å². The summed E-state index contributed by atoms with van der Waals surface area (Å²) in [7, 11) is 0. The van der Waals surface area contributed by atoms with Gasteiger partial charge in [0, 0.05) is 25.5 Å². The SMILES string of the molecule is Cc1ccc(-n2cccn2)c(C(=O)N2CCCC(C)[C@H]2CNc2ccc(C(F)(F)F)nn2)c1. The molecule has 2 aromatic heterocycles. The number of hydrogen-bond donors (Lipinski definition) is 1. The lowest BCUT2D eigenvalue weighted by Gasteiger charge is -2.40. The summed E-state index contributed by atoms with van der Waals surface area (Å²) in [6, 6.07) is 9.49. The van der Waals surface area contributed by atoms with Crippen LogP contribution in [0.1, 0.15) is 41.4 Å². The average Bonchev–Trinajstić information content (AvgIpc) is 3.32. The van der Waals surface area contributed by atoms with E-state index < -0.39 is 11.9 Å². The molecule has 1 unspecified atom stereocenters. The van der Waals surface area contributed by atoms with Crippen LogP contribution in [0.25, 0.3) is 5.69 Å². The second-order valence-corrected chi connectivity index (χ2v) is 8.34. The highest BCUT2D eigenvalue weighted by Gasteiger charge is 2.34. The van der Waals surface area contributed by atoms with Crippen molar-refractivity contribution in [3.8, 4) is 5.69 Å². The molecule has 2 atom stereocenters. The first-order valence-electron chi connectivity index (χ1n) is 10.8. The highest BCUT2D eigenvalue weighted by Crippen LogP contribution is 2.29. The average molecular weight is 458 g/mol. The van der Waals surface area contributed by atoms with Gasteiger partial charge < -0.3 is 10.2 Å². The van der Waals surface area contributed by atoms with E-state index in [2.05, 4.69) is 27.5 Å². The molecule has 3 aromatic rings. The van der Waals surface area contributed by atoms with Crippen LogP contribution in [0.3, 0.4) is 0 Å². The van der Waals surface area contributed by atoms with Crippen molar-refractivity contribution >= 4 is 11.7 Å². The minimum atomic E-state index is -4.53. The van der Waals surface area contributed by atoms with Gasteiger partial charge in [0.1, 0.15) is 5.82 Å². The second kappa shape index (κ2) is 9.21. The van der Waals surface area contributed by atoms with E-state index in [9.17, 15) is 18.0 Å². The summed E-state index contributed by atoms with van der Waals surface area (Å²) in [5.41, 5.74) is 1.19. The van der Waals surface area contributed by atoms with Gasteiger partial charge in [-0.15, -0.1) is 10.2 Å². The van der Waals surface area contributed by atoms with E-state index in [1.54, 1.807) is 23.1 Å². The Bertz CT molecular complexity index is 1100. The van der Waals surface area contributed by atoms with E-state index in [1.807, 2.05) is 30.0 Å². The first-order valence-corrected chi connectivity index (χ1v) is 10.8. The first kappa shape index (κ1) is 22.8. The van der Waals surface area contributed by atoms with Crippen molar-refractivity contribution in [2.24, 2.45) is 5.92 Å². The van der Waals surface area contributed by atoms with Crippen molar-refractivity contribution in [1.29, 1.82) is 0 Å². The van der Waals surface area contributed by atoms with E-state index in [-0.39, 0.29) is 23.7 Å². The minimum absolute atomic E-state index is 0.0962. The van der Waals surface area contributed by atoms with Crippen molar-refractivity contribution < 1.29 is 18.0 Å². The maximum absolute atomic E-state index is 13.7. The van der Waals surface area contributed by atoms with Gasteiger partial charge in [0.2, 0.25) is 0 Å². The molecular weight excluding hydrogens is 433 g/mol. The molecule has 1 saturated heterocycles. The topological polar surface area (TPSA) is 75.9 Å². The molecule has 1 aliphatic heterocycles. The van der Waals surface area contributed by atoms with Crippen LogP contribution in [0.15, 0.2) is 48.8 Å². The standard InChI is InChI=1S/C23H25F3N6O/c1-15-6-7-18(32-12-4-10-28-32)17(13-15)22(33)31-11-3-5-16(2)19(31)14-27-21-9-8-20(29-30-21)23(24,25)26/h4,6-10,12-13,16,19H,3,5,11,14H2,1-2H3,(H,27,30)/t16?,19-/m1/s1. The van der Waals surface area contributed by atoms with Gasteiger partial charge in [0.15, 0.2) is 5.69 Å². The van der Waals surface area contributed by atoms with Crippen molar-refractivity contribution in [2.75, 3.05) is 18.4 Å². The number of nitrogens with zero attached hydrogens (tertiary/aromatic N) is 5. The van der Waals surface area contributed by atoms with Gasteiger partial charge in [0.25, 0.3) is 5.91 Å². The van der Waals surface area contributed by atoms with Crippen LogP contribution in [0.4, 0.5) is 19.0 Å². The number of likely N-dealkylation sites (tertiary alicyclic amines) is 1. The molecule has 7 nitrogen and oxygen atoms in total. The van der Waals surface area contributed by atoms with Gasteiger partial charge in [-0.05, 0) is 56.0 Å². The Balaban J connectivity index is 1.55. The van der Waals surface area contributed by atoms with Gasteiger partial charge in [-0.2, -0.15) is 18.3 Å². The molecule has 0 aliphatic carbocycles. The van der Waals surface area contributed by atoms with E-state index in [4.69, 9.17) is 0 Å². The van der Waals surface area contributed by atoms with Crippen LogP contribution >= 0.6 is 0 Å². The van der Waals surface area contributed by atoms with Gasteiger partial charge in [-0.1, -0.05) is 18.6 Å². The summed E-state index contributed by atoms with van der Waals surface area (Å²) < 4.78 is 39.9. The Morgan fingerprint density at radius 1 is 1.21 bits per heavy atom. The van der Waals surface area contributed by atoms with Crippen molar-refractivity contribution in [1.82, 2.24) is 24.9 Å². The number of nitrogens with one attached hydrogen (secondary N) is 1. The smallest absolute Gasteiger partial charge is 0.367 e. The Labute approximate surface area is 189 Å². The van der Waals surface area contributed by atoms with Gasteiger partial charge in [-0.3, -0.25) is 4.79 Å². The number of carbonyl (C=O) groups excluding carboxylic acids is 1. The molecule has 1 N–H and O–H groups in total. The summed E-state index contributed by atoms with van der Waals surface area (Å²) in [4.78, 5) is 15.5. The number of carbonyl (C=O) groups is 1. The number of aryl methyl sites for hydroxylation is 1. The third kappa shape index (κ3) is 4.99. The van der Waals surface area contributed by atoms with Gasteiger partial charge in [0.05, 0.1) is 17.3 Å². The molecule has 1 aliphatic rings. The number of aromatic nitrogens is 4. The lowest BCUT2D eigenvalue weighted by Crippen LogP contribution is -2.51. The molecule has 3 heterocycles. The minimum Gasteiger partial charge on any atom is -0.367 e. The second-order valence-electron chi connectivity index (χ2n) is 8.34. The Kier molecular flexibility index (Phi) is 6.35. The molecule has 0 spiro atoms. The molecule has 174 valence electrons. The summed E-state index contributed by atoms with van der Waals surface area (Å²) in [5, 5.41) is 14.2. The zero-order valence-corrected chi connectivity index (χ0v) is 18.4. The zero-order chi connectivity index (χ0) is 23.6.